The van der Waals surface area contributed by atoms with Gasteiger partial charge in [0, 0.05) is 72.9 Å². The Bertz CT molecular complexity index is 1450. The maximum atomic E-state index is 14.3. The number of carbonyl (C=O) groups excluding carboxylic acids is 1. The van der Waals surface area contributed by atoms with E-state index >= 15 is 0 Å². The molecular formula is C26H28F2N6O2. The molecule has 1 amide bonds. The summed E-state index contributed by atoms with van der Waals surface area (Å²) in [6.07, 6.45) is 4.04. The van der Waals surface area contributed by atoms with Crippen LogP contribution >= 0.6 is 0 Å². The van der Waals surface area contributed by atoms with Gasteiger partial charge in [0.05, 0.1) is 24.3 Å². The molecule has 8 nitrogen and oxygen atoms in total. The lowest BCUT2D eigenvalue weighted by atomic mass is 10.0. The summed E-state index contributed by atoms with van der Waals surface area (Å²) >= 11 is 0. The zero-order chi connectivity index (χ0) is 25.0. The first kappa shape index (κ1) is 22.9. The Labute approximate surface area is 207 Å². The first-order valence-electron chi connectivity index (χ1n) is 12.3. The van der Waals surface area contributed by atoms with Gasteiger partial charge in [-0.1, -0.05) is 0 Å². The maximum Gasteiger partial charge on any atom is 0.264 e. The Kier molecular flexibility index (Phi) is 5.63. The average molecular weight is 495 g/mol. The number of aryl methyl sites for hydroxylation is 2. The third-order valence-electron chi connectivity index (χ3n) is 7.40. The summed E-state index contributed by atoms with van der Waals surface area (Å²) in [5, 5.41) is 10.1. The smallest absolute Gasteiger partial charge is 0.264 e. The number of nitrogens with zero attached hydrogens (tertiary/aromatic N) is 6. The van der Waals surface area contributed by atoms with Crippen molar-refractivity contribution in [1.29, 1.82) is 0 Å². The Balaban J connectivity index is 1.55. The number of benzene rings is 1. The van der Waals surface area contributed by atoms with Gasteiger partial charge in [0.2, 0.25) is 6.41 Å². The van der Waals surface area contributed by atoms with Gasteiger partial charge in [0.1, 0.15) is 0 Å². The number of ether oxygens (including phenoxy) is 1. The fourth-order valence-electron chi connectivity index (χ4n) is 5.63. The minimum atomic E-state index is -2.65. The summed E-state index contributed by atoms with van der Waals surface area (Å²) in [4.78, 5) is 13.4. The highest BCUT2D eigenvalue weighted by molar-refractivity contribution is 5.89. The minimum Gasteiger partial charge on any atom is -0.381 e. The van der Waals surface area contributed by atoms with Crippen molar-refractivity contribution in [2.24, 2.45) is 7.05 Å². The SMILES string of the molecule is Cc1cc2cc(-c3cnn(C)c3)c(C(F)F)cc2n1-c1nn(C2CCOCC2)c2c1CN(C=O)CC2. The van der Waals surface area contributed by atoms with E-state index in [0.29, 0.717) is 55.2 Å². The summed E-state index contributed by atoms with van der Waals surface area (Å²) in [6.45, 7) is 4.43. The number of amides is 1. The van der Waals surface area contributed by atoms with E-state index in [0.717, 1.165) is 41.6 Å². The van der Waals surface area contributed by atoms with Crippen LogP contribution in [0.25, 0.3) is 27.8 Å². The van der Waals surface area contributed by atoms with Gasteiger partial charge in [-0.25, -0.2) is 8.78 Å². The molecule has 36 heavy (non-hydrogen) atoms. The zero-order valence-electron chi connectivity index (χ0n) is 20.3. The summed E-state index contributed by atoms with van der Waals surface area (Å²) < 4.78 is 39.8. The maximum absolute atomic E-state index is 14.3. The third-order valence-corrected chi connectivity index (χ3v) is 7.40. The third kappa shape index (κ3) is 3.71. The van der Waals surface area contributed by atoms with E-state index in [4.69, 9.17) is 9.84 Å². The second kappa shape index (κ2) is 8.85. The Morgan fingerprint density at radius 2 is 2.00 bits per heavy atom. The molecule has 188 valence electrons. The molecule has 0 saturated carbocycles. The van der Waals surface area contributed by atoms with Crippen LogP contribution in [0.4, 0.5) is 8.78 Å². The van der Waals surface area contributed by atoms with Crippen LogP contribution in [0.5, 0.6) is 0 Å². The minimum absolute atomic E-state index is 0.0397. The van der Waals surface area contributed by atoms with Crippen molar-refractivity contribution in [3.8, 4) is 16.9 Å². The fourth-order valence-corrected chi connectivity index (χ4v) is 5.63. The predicted octanol–water partition coefficient (Wildman–Crippen LogP) is 4.34. The number of hydrogen-bond acceptors (Lipinski definition) is 4. The summed E-state index contributed by atoms with van der Waals surface area (Å²) in [6, 6.07) is 5.62. The molecule has 0 aliphatic carbocycles. The summed E-state index contributed by atoms with van der Waals surface area (Å²) in [7, 11) is 1.77. The van der Waals surface area contributed by atoms with Gasteiger partial charge in [0.15, 0.2) is 5.82 Å². The molecule has 1 saturated heterocycles. The van der Waals surface area contributed by atoms with Gasteiger partial charge in [0.25, 0.3) is 6.43 Å². The number of rotatable bonds is 5. The second-order valence-electron chi connectivity index (χ2n) is 9.69. The number of hydrogen-bond donors (Lipinski definition) is 0. The normalized spacial score (nSPS) is 16.8. The van der Waals surface area contributed by atoms with Crippen molar-refractivity contribution in [3.63, 3.8) is 0 Å². The predicted molar refractivity (Wildman–Crippen MR) is 130 cm³/mol. The van der Waals surface area contributed by atoms with Crippen LogP contribution in [0.1, 0.15) is 47.8 Å². The van der Waals surface area contributed by atoms with E-state index < -0.39 is 6.43 Å². The quantitative estimate of drug-likeness (QED) is 0.387. The molecule has 0 N–H and O–H groups in total. The highest BCUT2D eigenvalue weighted by Crippen LogP contribution is 2.38. The monoisotopic (exact) mass is 494 g/mol. The Hall–Kier alpha value is -3.53. The van der Waals surface area contributed by atoms with E-state index in [1.807, 2.05) is 23.6 Å². The summed E-state index contributed by atoms with van der Waals surface area (Å²) in [5.74, 6) is 0.713. The lowest BCUT2D eigenvalue weighted by Gasteiger charge is -2.28. The molecular weight excluding hydrogens is 466 g/mol. The number of fused-ring (bicyclic) bond motifs is 2. The standard InChI is InChI=1S/C26H28F2N6O2/c1-16-9-17-10-20(18-12-29-31(2)13-18)21(25(27)28)11-24(17)33(16)26-22-14-32(15-35)6-3-23(22)34(30-26)19-4-7-36-8-5-19/h9-13,15,19,25H,3-8,14H2,1-2H3. The van der Waals surface area contributed by atoms with Crippen molar-refractivity contribution in [3.05, 3.63) is 53.1 Å². The highest BCUT2D eigenvalue weighted by atomic mass is 19.3. The van der Waals surface area contributed by atoms with Crippen molar-refractivity contribution < 1.29 is 18.3 Å². The van der Waals surface area contributed by atoms with Crippen LogP contribution in [-0.2, 0) is 29.5 Å². The largest absolute Gasteiger partial charge is 0.381 e. The topological polar surface area (TPSA) is 70.1 Å². The molecule has 0 unspecified atom stereocenters. The average Bonchev–Trinajstić information content (AvgIpc) is 3.57. The van der Waals surface area contributed by atoms with Gasteiger partial charge in [-0.15, -0.1) is 0 Å². The van der Waals surface area contributed by atoms with Crippen LogP contribution in [0.3, 0.4) is 0 Å². The number of carbonyl (C=O) groups is 1. The second-order valence-corrected chi connectivity index (χ2v) is 9.69. The van der Waals surface area contributed by atoms with Crippen LogP contribution in [0, 0.1) is 6.92 Å². The molecule has 2 aliphatic heterocycles. The molecule has 0 bridgehead atoms. The van der Waals surface area contributed by atoms with E-state index in [1.165, 1.54) is 0 Å². The van der Waals surface area contributed by atoms with Crippen molar-refractivity contribution >= 4 is 17.3 Å². The Morgan fingerprint density at radius 3 is 2.69 bits per heavy atom. The lowest BCUT2D eigenvalue weighted by Crippen LogP contribution is -2.31. The molecule has 3 aromatic heterocycles. The lowest BCUT2D eigenvalue weighted by molar-refractivity contribution is -0.118. The van der Waals surface area contributed by atoms with Crippen LogP contribution < -0.4 is 0 Å². The van der Waals surface area contributed by atoms with E-state index in [2.05, 4.69) is 9.78 Å². The van der Waals surface area contributed by atoms with Crippen LogP contribution in [0.2, 0.25) is 0 Å². The first-order chi connectivity index (χ1) is 17.4. The number of aromatic nitrogens is 5. The van der Waals surface area contributed by atoms with Gasteiger partial charge in [-0.2, -0.15) is 10.2 Å². The highest BCUT2D eigenvalue weighted by Gasteiger charge is 2.30. The molecule has 10 heteroatoms. The van der Waals surface area contributed by atoms with Gasteiger partial charge < -0.3 is 9.64 Å². The number of alkyl halides is 2. The van der Waals surface area contributed by atoms with Crippen molar-refractivity contribution in [1.82, 2.24) is 29.0 Å². The van der Waals surface area contributed by atoms with Crippen LogP contribution in [-0.4, -0.2) is 55.2 Å². The molecule has 4 aromatic rings. The number of halogens is 2. The molecule has 0 spiro atoms. The van der Waals surface area contributed by atoms with Gasteiger partial charge >= 0.3 is 0 Å². The summed E-state index contributed by atoms with van der Waals surface area (Å²) in [5.41, 5.74) is 4.77. The molecule has 1 aromatic carbocycles. The molecule has 5 heterocycles. The van der Waals surface area contributed by atoms with Gasteiger partial charge in [-0.3, -0.25) is 18.7 Å². The van der Waals surface area contributed by atoms with Gasteiger partial charge in [-0.05, 0) is 43.5 Å². The molecule has 0 radical (unpaired) electrons. The van der Waals surface area contributed by atoms with E-state index in [9.17, 15) is 13.6 Å². The van der Waals surface area contributed by atoms with Crippen molar-refractivity contribution in [2.75, 3.05) is 19.8 Å². The van der Waals surface area contributed by atoms with Crippen LogP contribution in [0.15, 0.2) is 30.6 Å². The Morgan fingerprint density at radius 1 is 1.19 bits per heavy atom. The fraction of sp³-hybridized carbons (Fsp3) is 0.423. The first-order valence-corrected chi connectivity index (χ1v) is 12.3. The van der Waals surface area contributed by atoms with E-state index in [1.54, 1.807) is 35.1 Å². The van der Waals surface area contributed by atoms with Crippen molar-refractivity contribution in [2.45, 2.75) is 45.2 Å². The molecule has 0 atom stereocenters. The molecule has 6 rings (SSSR count). The zero-order valence-corrected chi connectivity index (χ0v) is 20.3. The van der Waals surface area contributed by atoms with E-state index in [-0.39, 0.29) is 11.6 Å². The molecule has 2 aliphatic rings. The molecule has 1 fully saturated rings.